The molecule has 1 amide bonds. The Balaban J connectivity index is 1.72. The number of ether oxygens (including phenoxy) is 1. The lowest BCUT2D eigenvalue weighted by atomic mass is 10.2. The minimum absolute atomic E-state index is 0.144. The van der Waals surface area contributed by atoms with E-state index in [1.54, 1.807) is 13.1 Å². The molecule has 0 spiro atoms. The van der Waals surface area contributed by atoms with Crippen LogP contribution in [0.15, 0.2) is 12.3 Å². The molecule has 2 N–H and O–H groups in total. The number of anilines is 1. The van der Waals surface area contributed by atoms with Crippen molar-refractivity contribution in [3.63, 3.8) is 0 Å². The molecule has 0 aromatic carbocycles. The van der Waals surface area contributed by atoms with Gasteiger partial charge in [-0.15, -0.1) is 0 Å². The number of carbonyl (C=O) groups excluding carboxylic acids is 1. The SMILES string of the molecule is CNc1ncc(C(=O)NCCCN2CCOCC2)cc1Cl. The predicted octanol–water partition coefficient (Wildman–Crippen LogP) is 1.23. The number of amides is 1. The van der Waals surface area contributed by atoms with Crippen LogP contribution in [0.2, 0.25) is 5.02 Å². The Kier molecular flexibility index (Phi) is 6.22. The first-order chi connectivity index (χ1) is 10.2. The van der Waals surface area contributed by atoms with E-state index in [9.17, 15) is 4.79 Å². The molecule has 7 heteroatoms. The molecule has 0 saturated carbocycles. The van der Waals surface area contributed by atoms with E-state index in [4.69, 9.17) is 16.3 Å². The van der Waals surface area contributed by atoms with Crippen molar-refractivity contribution >= 4 is 23.3 Å². The molecule has 1 aromatic heterocycles. The van der Waals surface area contributed by atoms with Gasteiger partial charge in [-0.25, -0.2) is 4.98 Å². The first-order valence-electron chi connectivity index (χ1n) is 7.12. The van der Waals surface area contributed by atoms with Crippen LogP contribution in [0.1, 0.15) is 16.8 Å². The normalized spacial score (nSPS) is 15.7. The van der Waals surface area contributed by atoms with Crippen LogP contribution in [-0.2, 0) is 4.74 Å². The molecule has 1 aliphatic rings. The molecule has 2 heterocycles. The second-order valence-electron chi connectivity index (χ2n) is 4.87. The summed E-state index contributed by atoms with van der Waals surface area (Å²) in [4.78, 5) is 18.4. The van der Waals surface area contributed by atoms with Gasteiger partial charge in [0.15, 0.2) is 0 Å². The van der Waals surface area contributed by atoms with Crippen LogP contribution in [0.4, 0.5) is 5.82 Å². The van der Waals surface area contributed by atoms with Gasteiger partial charge in [0.2, 0.25) is 0 Å². The molecule has 0 bridgehead atoms. The summed E-state index contributed by atoms with van der Waals surface area (Å²) < 4.78 is 5.30. The summed E-state index contributed by atoms with van der Waals surface area (Å²) in [6.45, 7) is 5.16. The maximum atomic E-state index is 12.0. The fourth-order valence-corrected chi connectivity index (χ4v) is 2.44. The molecular weight excluding hydrogens is 292 g/mol. The maximum Gasteiger partial charge on any atom is 0.252 e. The number of halogens is 1. The number of carbonyl (C=O) groups is 1. The van der Waals surface area contributed by atoms with Gasteiger partial charge in [0.1, 0.15) is 5.82 Å². The third kappa shape index (κ3) is 4.84. The van der Waals surface area contributed by atoms with Crippen LogP contribution in [0.5, 0.6) is 0 Å². The Hall–Kier alpha value is -1.37. The third-order valence-corrected chi connectivity index (χ3v) is 3.67. The minimum Gasteiger partial charge on any atom is -0.379 e. The summed E-state index contributed by atoms with van der Waals surface area (Å²) in [5, 5.41) is 6.19. The van der Waals surface area contributed by atoms with E-state index >= 15 is 0 Å². The Morgan fingerprint density at radius 1 is 1.48 bits per heavy atom. The smallest absolute Gasteiger partial charge is 0.252 e. The summed E-state index contributed by atoms with van der Waals surface area (Å²) >= 11 is 6.01. The van der Waals surface area contributed by atoms with Crippen LogP contribution in [0, 0.1) is 0 Å². The zero-order valence-electron chi connectivity index (χ0n) is 12.2. The monoisotopic (exact) mass is 312 g/mol. The number of hydrogen-bond acceptors (Lipinski definition) is 5. The zero-order chi connectivity index (χ0) is 15.1. The molecule has 21 heavy (non-hydrogen) atoms. The molecule has 1 fully saturated rings. The van der Waals surface area contributed by atoms with Crippen molar-refractivity contribution in [2.24, 2.45) is 0 Å². The van der Waals surface area contributed by atoms with E-state index in [1.807, 2.05) is 0 Å². The Morgan fingerprint density at radius 2 is 2.24 bits per heavy atom. The first-order valence-corrected chi connectivity index (χ1v) is 7.50. The van der Waals surface area contributed by atoms with Crippen molar-refractivity contribution < 1.29 is 9.53 Å². The van der Waals surface area contributed by atoms with Gasteiger partial charge in [-0.05, 0) is 19.0 Å². The molecule has 1 aromatic rings. The van der Waals surface area contributed by atoms with Crippen molar-refractivity contribution in [3.8, 4) is 0 Å². The fraction of sp³-hybridized carbons (Fsp3) is 0.571. The van der Waals surface area contributed by atoms with Crippen LogP contribution in [0.3, 0.4) is 0 Å². The number of nitrogens with zero attached hydrogens (tertiary/aromatic N) is 2. The number of aromatic nitrogens is 1. The van der Waals surface area contributed by atoms with E-state index in [0.717, 1.165) is 39.3 Å². The van der Waals surface area contributed by atoms with Crippen LogP contribution < -0.4 is 10.6 Å². The predicted molar refractivity (Wildman–Crippen MR) is 83.0 cm³/mol. The summed E-state index contributed by atoms with van der Waals surface area (Å²) in [5.41, 5.74) is 0.477. The summed E-state index contributed by atoms with van der Waals surface area (Å²) in [5.74, 6) is 0.426. The average Bonchev–Trinajstić information content (AvgIpc) is 2.52. The number of hydrogen-bond donors (Lipinski definition) is 2. The molecule has 116 valence electrons. The summed E-state index contributed by atoms with van der Waals surface area (Å²) in [6.07, 6.45) is 2.44. The van der Waals surface area contributed by atoms with Crippen molar-refractivity contribution in [1.29, 1.82) is 0 Å². The molecule has 0 atom stereocenters. The van der Waals surface area contributed by atoms with E-state index in [-0.39, 0.29) is 5.91 Å². The quantitative estimate of drug-likeness (QED) is 0.773. The van der Waals surface area contributed by atoms with Crippen molar-refractivity contribution in [2.45, 2.75) is 6.42 Å². The summed E-state index contributed by atoms with van der Waals surface area (Å²) in [7, 11) is 1.74. The van der Waals surface area contributed by atoms with Gasteiger partial charge >= 0.3 is 0 Å². The third-order valence-electron chi connectivity index (χ3n) is 3.38. The highest BCUT2D eigenvalue weighted by Gasteiger charge is 2.11. The minimum atomic E-state index is -0.144. The lowest BCUT2D eigenvalue weighted by molar-refractivity contribution is 0.0374. The molecule has 1 aliphatic heterocycles. The van der Waals surface area contributed by atoms with E-state index in [1.165, 1.54) is 6.20 Å². The number of rotatable bonds is 6. The van der Waals surface area contributed by atoms with Gasteiger partial charge in [-0.3, -0.25) is 9.69 Å². The largest absolute Gasteiger partial charge is 0.379 e. The topological polar surface area (TPSA) is 66.5 Å². The molecule has 0 unspecified atom stereocenters. The summed E-state index contributed by atoms with van der Waals surface area (Å²) in [6, 6.07) is 1.62. The van der Waals surface area contributed by atoms with Crippen molar-refractivity contribution in [1.82, 2.24) is 15.2 Å². The van der Waals surface area contributed by atoms with Crippen LogP contribution in [0.25, 0.3) is 0 Å². The highest BCUT2D eigenvalue weighted by atomic mass is 35.5. The van der Waals surface area contributed by atoms with Gasteiger partial charge < -0.3 is 15.4 Å². The van der Waals surface area contributed by atoms with Gasteiger partial charge in [0, 0.05) is 32.9 Å². The number of nitrogens with one attached hydrogen (secondary N) is 2. The molecule has 2 rings (SSSR count). The molecule has 0 radical (unpaired) electrons. The van der Waals surface area contributed by atoms with Gasteiger partial charge in [-0.2, -0.15) is 0 Å². The van der Waals surface area contributed by atoms with Crippen molar-refractivity contribution in [3.05, 3.63) is 22.8 Å². The van der Waals surface area contributed by atoms with E-state index < -0.39 is 0 Å². The Bertz CT molecular complexity index is 478. The van der Waals surface area contributed by atoms with Gasteiger partial charge in [0.05, 0.1) is 23.8 Å². The average molecular weight is 313 g/mol. The maximum absolute atomic E-state index is 12.0. The molecular formula is C14H21ClN4O2. The Labute approximate surface area is 129 Å². The van der Waals surface area contributed by atoms with Crippen LogP contribution in [-0.4, -0.2) is 62.2 Å². The highest BCUT2D eigenvalue weighted by molar-refractivity contribution is 6.33. The van der Waals surface area contributed by atoms with E-state index in [2.05, 4.69) is 20.5 Å². The van der Waals surface area contributed by atoms with Gasteiger partial charge in [0.25, 0.3) is 5.91 Å². The van der Waals surface area contributed by atoms with Crippen LogP contribution >= 0.6 is 11.6 Å². The number of morpholine rings is 1. The number of pyridine rings is 1. The fourth-order valence-electron chi connectivity index (χ4n) is 2.18. The zero-order valence-corrected chi connectivity index (χ0v) is 12.9. The molecule has 0 aliphatic carbocycles. The van der Waals surface area contributed by atoms with Gasteiger partial charge in [-0.1, -0.05) is 11.6 Å². The second kappa shape index (κ2) is 8.17. The second-order valence-corrected chi connectivity index (χ2v) is 5.28. The standard InChI is InChI=1S/C14H21ClN4O2/c1-16-13-12(15)9-11(10-18-13)14(20)17-3-2-4-19-5-7-21-8-6-19/h9-10H,2-8H2,1H3,(H,16,18)(H,17,20). The highest BCUT2D eigenvalue weighted by Crippen LogP contribution is 2.19. The molecule has 1 saturated heterocycles. The Morgan fingerprint density at radius 3 is 2.90 bits per heavy atom. The lowest BCUT2D eigenvalue weighted by Gasteiger charge is -2.26. The molecule has 6 nitrogen and oxygen atoms in total. The van der Waals surface area contributed by atoms with Crippen molar-refractivity contribution in [2.75, 3.05) is 51.8 Å². The van der Waals surface area contributed by atoms with E-state index in [0.29, 0.717) is 22.9 Å². The lowest BCUT2D eigenvalue weighted by Crippen LogP contribution is -2.38. The first kappa shape index (κ1) is 16.0.